The van der Waals surface area contributed by atoms with Gasteiger partial charge >= 0.3 is 0 Å². The topological polar surface area (TPSA) is 48.1 Å². The number of ether oxygens (including phenoxy) is 1. The first-order valence-corrected chi connectivity index (χ1v) is 5.61. The van der Waals surface area contributed by atoms with Gasteiger partial charge in [-0.15, -0.1) is 0 Å². The average Bonchev–Trinajstić information content (AvgIpc) is 2.39. The Labute approximate surface area is 105 Å². The summed E-state index contributed by atoms with van der Waals surface area (Å²) in [7, 11) is 1.59. The highest BCUT2D eigenvalue weighted by Gasteiger charge is 2.03. The Balaban J connectivity index is 2.38. The van der Waals surface area contributed by atoms with Gasteiger partial charge in [-0.05, 0) is 29.3 Å². The van der Waals surface area contributed by atoms with Gasteiger partial charge in [-0.2, -0.15) is 0 Å². The molecule has 1 heterocycles. The van der Waals surface area contributed by atoms with Gasteiger partial charge in [0.15, 0.2) is 0 Å². The lowest BCUT2D eigenvalue weighted by Crippen LogP contribution is -1.97. The minimum atomic E-state index is 0.427. The van der Waals surface area contributed by atoms with Crippen LogP contribution in [-0.4, -0.2) is 12.1 Å². The highest BCUT2D eigenvalue weighted by Crippen LogP contribution is 2.25. The van der Waals surface area contributed by atoms with E-state index in [2.05, 4.69) is 4.98 Å². The molecule has 88 valence electrons. The van der Waals surface area contributed by atoms with Crippen molar-refractivity contribution in [3.05, 3.63) is 47.1 Å². The molecule has 0 fully saturated rings. The number of aromatic nitrogens is 1. The molecule has 2 rings (SSSR count). The van der Waals surface area contributed by atoms with E-state index < -0.39 is 0 Å². The third kappa shape index (κ3) is 2.57. The van der Waals surface area contributed by atoms with E-state index in [0.29, 0.717) is 17.4 Å². The SMILES string of the molecule is COc1ccc(-c2ccc(Cl)c(CN)c2)cn1. The Kier molecular flexibility index (Phi) is 3.61. The molecule has 0 unspecified atom stereocenters. The van der Waals surface area contributed by atoms with Crippen molar-refractivity contribution in [1.82, 2.24) is 4.98 Å². The van der Waals surface area contributed by atoms with E-state index >= 15 is 0 Å². The average molecular weight is 249 g/mol. The summed E-state index contributed by atoms with van der Waals surface area (Å²) in [4.78, 5) is 4.17. The second-order valence-corrected chi connectivity index (χ2v) is 4.01. The van der Waals surface area contributed by atoms with Crippen molar-refractivity contribution in [3.8, 4) is 17.0 Å². The monoisotopic (exact) mass is 248 g/mol. The maximum absolute atomic E-state index is 6.02. The molecular weight excluding hydrogens is 236 g/mol. The second-order valence-electron chi connectivity index (χ2n) is 3.60. The van der Waals surface area contributed by atoms with E-state index in [0.717, 1.165) is 16.7 Å². The molecular formula is C13H13ClN2O. The number of hydrogen-bond acceptors (Lipinski definition) is 3. The fourth-order valence-electron chi connectivity index (χ4n) is 1.58. The van der Waals surface area contributed by atoms with E-state index in [9.17, 15) is 0 Å². The van der Waals surface area contributed by atoms with Crippen LogP contribution in [0.5, 0.6) is 5.88 Å². The standard InChI is InChI=1S/C13H13ClN2O/c1-17-13-5-3-10(8-16-13)9-2-4-12(14)11(6-9)7-15/h2-6,8H,7,15H2,1H3. The first kappa shape index (κ1) is 11.9. The lowest BCUT2D eigenvalue weighted by Gasteiger charge is -2.06. The molecule has 2 aromatic rings. The number of benzene rings is 1. The van der Waals surface area contributed by atoms with E-state index in [1.165, 1.54) is 0 Å². The molecule has 2 N–H and O–H groups in total. The van der Waals surface area contributed by atoms with Crippen LogP contribution in [0.25, 0.3) is 11.1 Å². The zero-order valence-electron chi connectivity index (χ0n) is 9.48. The Bertz CT molecular complexity index is 511. The van der Waals surface area contributed by atoms with Gasteiger partial charge < -0.3 is 10.5 Å². The Morgan fingerprint density at radius 3 is 2.59 bits per heavy atom. The van der Waals surface area contributed by atoms with Gasteiger partial charge in [-0.25, -0.2) is 4.98 Å². The van der Waals surface area contributed by atoms with Gasteiger partial charge in [0.1, 0.15) is 0 Å². The van der Waals surface area contributed by atoms with Crippen LogP contribution in [0.1, 0.15) is 5.56 Å². The van der Waals surface area contributed by atoms with Gasteiger partial charge in [-0.3, -0.25) is 0 Å². The lowest BCUT2D eigenvalue weighted by atomic mass is 10.0. The van der Waals surface area contributed by atoms with Crippen LogP contribution in [0.15, 0.2) is 36.5 Å². The number of pyridine rings is 1. The molecule has 0 amide bonds. The summed E-state index contributed by atoms with van der Waals surface area (Å²) in [6.45, 7) is 0.427. The molecule has 0 aliphatic carbocycles. The third-order valence-corrected chi connectivity index (χ3v) is 2.91. The van der Waals surface area contributed by atoms with E-state index in [4.69, 9.17) is 22.1 Å². The third-order valence-electron chi connectivity index (χ3n) is 2.54. The summed E-state index contributed by atoms with van der Waals surface area (Å²) in [6.07, 6.45) is 1.77. The molecule has 0 aliphatic rings. The summed E-state index contributed by atoms with van der Waals surface area (Å²) in [5.41, 5.74) is 8.61. The maximum Gasteiger partial charge on any atom is 0.212 e. The summed E-state index contributed by atoms with van der Waals surface area (Å²) >= 11 is 6.02. The normalized spacial score (nSPS) is 10.3. The molecule has 3 nitrogen and oxygen atoms in total. The summed E-state index contributed by atoms with van der Waals surface area (Å²) in [6, 6.07) is 9.56. The van der Waals surface area contributed by atoms with Gasteiger partial charge in [-0.1, -0.05) is 17.7 Å². The molecule has 0 radical (unpaired) electrons. The smallest absolute Gasteiger partial charge is 0.212 e. The van der Waals surface area contributed by atoms with Crippen LogP contribution in [0.3, 0.4) is 0 Å². The molecule has 0 bridgehead atoms. The molecule has 4 heteroatoms. The number of hydrogen-bond donors (Lipinski definition) is 1. The molecule has 0 saturated heterocycles. The Morgan fingerprint density at radius 1 is 1.24 bits per heavy atom. The number of nitrogens with two attached hydrogens (primary N) is 1. The molecule has 1 aromatic carbocycles. The van der Waals surface area contributed by atoms with Gasteiger partial charge in [0.2, 0.25) is 5.88 Å². The lowest BCUT2D eigenvalue weighted by molar-refractivity contribution is 0.398. The summed E-state index contributed by atoms with van der Waals surface area (Å²) in [5.74, 6) is 0.599. The van der Waals surface area contributed by atoms with Crippen LogP contribution in [0.2, 0.25) is 5.02 Å². The first-order valence-electron chi connectivity index (χ1n) is 5.23. The molecule has 17 heavy (non-hydrogen) atoms. The van der Waals surface area contributed by atoms with Crippen molar-refractivity contribution in [2.24, 2.45) is 5.73 Å². The largest absolute Gasteiger partial charge is 0.481 e. The van der Waals surface area contributed by atoms with Gasteiger partial charge in [0.25, 0.3) is 0 Å². The molecule has 0 saturated carbocycles. The summed E-state index contributed by atoms with van der Waals surface area (Å²) < 4.78 is 5.02. The van der Waals surface area contributed by atoms with E-state index in [1.54, 1.807) is 13.3 Å². The van der Waals surface area contributed by atoms with E-state index in [1.807, 2.05) is 30.3 Å². The molecule has 0 aliphatic heterocycles. The van der Waals surface area contributed by atoms with Crippen molar-refractivity contribution in [1.29, 1.82) is 0 Å². The molecule has 1 aromatic heterocycles. The predicted octanol–water partition coefficient (Wildman–Crippen LogP) is 2.87. The van der Waals surface area contributed by atoms with Crippen LogP contribution in [0, 0.1) is 0 Å². The highest BCUT2D eigenvalue weighted by atomic mass is 35.5. The van der Waals surface area contributed by atoms with E-state index in [-0.39, 0.29) is 0 Å². The van der Waals surface area contributed by atoms with Crippen LogP contribution in [-0.2, 0) is 6.54 Å². The van der Waals surface area contributed by atoms with Gasteiger partial charge in [0.05, 0.1) is 7.11 Å². The van der Waals surface area contributed by atoms with Crippen molar-refractivity contribution in [2.75, 3.05) is 7.11 Å². The number of methoxy groups -OCH3 is 1. The van der Waals surface area contributed by atoms with Crippen LogP contribution >= 0.6 is 11.6 Å². The van der Waals surface area contributed by atoms with Crippen molar-refractivity contribution < 1.29 is 4.74 Å². The fraction of sp³-hybridized carbons (Fsp3) is 0.154. The Morgan fingerprint density at radius 2 is 2.00 bits per heavy atom. The van der Waals surface area contributed by atoms with Crippen LogP contribution < -0.4 is 10.5 Å². The number of nitrogens with zero attached hydrogens (tertiary/aromatic N) is 1. The van der Waals surface area contributed by atoms with Crippen molar-refractivity contribution in [3.63, 3.8) is 0 Å². The number of rotatable bonds is 3. The number of halogens is 1. The second kappa shape index (κ2) is 5.17. The molecule has 0 atom stereocenters. The zero-order valence-corrected chi connectivity index (χ0v) is 10.2. The first-order chi connectivity index (χ1) is 8.24. The minimum Gasteiger partial charge on any atom is -0.481 e. The van der Waals surface area contributed by atoms with Gasteiger partial charge in [0, 0.05) is 29.4 Å². The maximum atomic E-state index is 6.02. The summed E-state index contributed by atoms with van der Waals surface area (Å²) in [5, 5.41) is 0.692. The fourth-order valence-corrected chi connectivity index (χ4v) is 1.78. The highest BCUT2D eigenvalue weighted by molar-refractivity contribution is 6.31. The Hall–Kier alpha value is -1.58. The predicted molar refractivity (Wildman–Crippen MR) is 69.1 cm³/mol. The van der Waals surface area contributed by atoms with Crippen LogP contribution in [0.4, 0.5) is 0 Å². The zero-order chi connectivity index (χ0) is 12.3. The quantitative estimate of drug-likeness (QED) is 0.909. The minimum absolute atomic E-state index is 0.427. The van der Waals surface area contributed by atoms with Crippen molar-refractivity contribution >= 4 is 11.6 Å². The van der Waals surface area contributed by atoms with Crippen molar-refractivity contribution in [2.45, 2.75) is 6.54 Å². The molecule has 0 spiro atoms.